The van der Waals surface area contributed by atoms with Crippen molar-refractivity contribution in [2.45, 2.75) is 33.6 Å². The zero-order valence-corrected chi connectivity index (χ0v) is 17.3. The first-order valence-corrected chi connectivity index (χ1v) is 10.1. The van der Waals surface area contributed by atoms with Gasteiger partial charge in [0.2, 0.25) is 5.91 Å². The molecular weight excluding hydrogens is 364 g/mol. The number of aryl methyl sites for hydroxylation is 3. The van der Waals surface area contributed by atoms with E-state index in [1.54, 1.807) is 17.0 Å². The van der Waals surface area contributed by atoms with Gasteiger partial charge in [0.05, 0.1) is 6.54 Å². The highest BCUT2D eigenvalue weighted by atomic mass is 16.2. The number of rotatable bonds is 5. The molecule has 29 heavy (non-hydrogen) atoms. The lowest BCUT2D eigenvalue weighted by Gasteiger charge is -2.31. The maximum Gasteiger partial charge on any atom is 0.251 e. The molecular formula is C24H28N2O3. The minimum Gasteiger partial charge on any atom is -0.343 e. The van der Waals surface area contributed by atoms with E-state index < -0.39 is 0 Å². The summed E-state index contributed by atoms with van der Waals surface area (Å²) in [6, 6.07) is 13.1. The molecule has 1 N–H and O–H groups in total. The Bertz CT molecular complexity index is 910. The summed E-state index contributed by atoms with van der Waals surface area (Å²) in [5, 5.41) is 2.69. The molecule has 2 aromatic rings. The first kappa shape index (κ1) is 20.8. The van der Waals surface area contributed by atoms with Gasteiger partial charge in [0.15, 0.2) is 5.78 Å². The molecule has 3 rings (SSSR count). The average molecular weight is 392 g/mol. The fourth-order valence-electron chi connectivity index (χ4n) is 3.78. The molecule has 1 aliphatic heterocycles. The quantitative estimate of drug-likeness (QED) is 0.793. The molecule has 0 unspecified atom stereocenters. The van der Waals surface area contributed by atoms with Crippen molar-refractivity contribution >= 4 is 17.6 Å². The third kappa shape index (κ3) is 5.11. The molecule has 0 saturated carbocycles. The Balaban J connectivity index is 1.49. The second kappa shape index (κ2) is 9.03. The summed E-state index contributed by atoms with van der Waals surface area (Å²) in [6.07, 6.45) is 1.31. The van der Waals surface area contributed by atoms with Gasteiger partial charge in [0.25, 0.3) is 5.91 Å². The van der Waals surface area contributed by atoms with Gasteiger partial charge in [0.1, 0.15) is 0 Å². The van der Waals surface area contributed by atoms with Crippen molar-refractivity contribution in [2.24, 2.45) is 5.92 Å². The van der Waals surface area contributed by atoms with Gasteiger partial charge < -0.3 is 10.2 Å². The molecule has 1 aliphatic rings. The fraction of sp³-hybridized carbons (Fsp3) is 0.375. The number of nitrogens with zero attached hydrogens (tertiary/aromatic N) is 1. The van der Waals surface area contributed by atoms with E-state index in [1.807, 2.05) is 51.1 Å². The van der Waals surface area contributed by atoms with Crippen LogP contribution >= 0.6 is 0 Å². The van der Waals surface area contributed by atoms with Crippen LogP contribution in [0.1, 0.15) is 50.2 Å². The van der Waals surface area contributed by atoms with Crippen LogP contribution in [0.25, 0.3) is 0 Å². The summed E-state index contributed by atoms with van der Waals surface area (Å²) >= 11 is 0. The minimum absolute atomic E-state index is 0.0254. The van der Waals surface area contributed by atoms with E-state index >= 15 is 0 Å². The van der Waals surface area contributed by atoms with Crippen LogP contribution in [-0.2, 0) is 4.79 Å². The Labute approximate surface area is 172 Å². The van der Waals surface area contributed by atoms with Crippen LogP contribution in [0, 0.1) is 26.7 Å². The monoisotopic (exact) mass is 392 g/mol. The molecule has 0 spiro atoms. The van der Waals surface area contributed by atoms with Crippen LogP contribution in [0.2, 0.25) is 0 Å². The molecule has 5 heteroatoms. The molecule has 0 atom stereocenters. The number of Topliss-reactive ketones (excluding diaryl/α,β-unsaturated/α-hetero) is 1. The number of amides is 2. The molecule has 5 nitrogen and oxygen atoms in total. The Morgan fingerprint density at radius 2 is 1.55 bits per heavy atom. The average Bonchev–Trinajstić information content (AvgIpc) is 2.72. The molecule has 1 saturated heterocycles. The van der Waals surface area contributed by atoms with Gasteiger partial charge in [-0.25, -0.2) is 0 Å². The zero-order valence-electron chi connectivity index (χ0n) is 17.3. The summed E-state index contributed by atoms with van der Waals surface area (Å²) in [7, 11) is 0. The summed E-state index contributed by atoms with van der Waals surface area (Å²) in [4.78, 5) is 39.2. The zero-order chi connectivity index (χ0) is 21.0. The number of piperidine rings is 1. The van der Waals surface area contributed by atoms with Crippen LogP contribution in [0.15, 0.2) is 42.5 Å². The normalized spacial score (nSPS) is 14.5. The molecule has 1 fully saturated rings. The van der Waals surface area contributed by atoms with Crippen molar-refractivity contribution in [3.63, 3.8) is 0 Å². The Morgan fingerprint density at radius 3 is 2.17 bits per heavy atom. The predicted molar refractivity (Wildman–Crippen MR) is 113 cm³/mol. The highest BCUT2D eigenvalue weighted by molar-refractivity contribution is 5.99. The van der Waals surface area contributed by atoms with E-state index in [0.717, 1.165) is 22.3 Å². The van der Waals surface area contributed by atoms with E-state index in [1.165, 1.54) is 0 Å². The maximum atomic E-state index is 12.8. The number of carbonyl (C=O) groups is 3. The second-order valence-corrected chi connectivity index (χ2v) is 7.89. The van der Waals surface area contributed by atoms with Crippen molar-refractivity contribution in [2.75, 3.05) is 19.6 Å². The van der Waals surface area contributed by atoms with Gasteiger partial charge in [0, 0.05) is 30.1 Å². The lowest BCUT2D eigenvalue weighted by atomic mass is 9.87. The first-order valence-electron chi connectivity index (χ1n) is 10.1. The summed E-state index contributed by atoms with van der Waals surface area (Å²) < 4.78 is 0. The van der Waals surface area contributed by atoms with Crippen molar-refractivity contribution in [1.82, 2.24) is 10.2 Å². The van der Waals surface area contributed by atoms with E-state index in [0.29, 0.717) is 31.5 Å². The highest BCUT2D eigenvalue weighted by Gasteiger charge is 2.28. The standard InChI is InChI=1S/C24H28N2O3/c1-16-4-7-20(8-5-16)24(29)25-15-22(27)26-12-10-19(11-13-26)23(28)21-9-6-17(2)14-18(21)3/h4-9,14,19H,10-13,15H2,1-3H3,(H,25,29). The van der Waals surface area contributed by atoms with Crippen LogP contribution in [0.3, 0.4) is 0 Å². The lowest BCUT2D eigenvalue weighted by molar-refractivity contribution is -0.131. The van der Waals surface area contributed by atoms with Gasteiger partial charge in [-0.15, -0.1) is 0 Å². The smallest absolute Gasteiger partial charge is 0.251 e. The van der Waals surface area contributed by atoms with E-state index in [4.69, 9.17) is 0 Å². The van der Waals surface area contributed by atoms with Crippen LogP contribution < -0.4 is 5.32 Å². The predicted octanol–water partition coefficient (Wildman–Crippen LogP) is 3.46. The van der Waals surface area contributed by atoms with Gasteiger partial charge >= 0.3 is 0 Å². The number of hydrogen-bond acceptors (Lipinski definition) is 3. The molecule has 0 aliphatic carbocycles. The Hall–Kier alpha value is -2.95. The lowest BCUT2D eigenvalue weighted by Crippen LogP contribution is -2.45. The summed E-state index contributed by atoms with van der Waals surface area (Å²) in [5.41, 5.74) is 4.56. The topological polar surface area (TPSA) is 66.5 Å². The number of benzene rings is 2. The molecule has 2 aromatic carbocycles. The number of carbonyl (C=O) groups excluding carboxylic acids is 3. The largest absolute Gasteiger partial charge is 0.343 e. The van der Waals surface area contributed by atoms with E-state index in [9.17, 15) is 14.4 Å². The summed E-state index contributed by atoms with van der Waals surface area (Å²) in [6.45, 7) is 7.00. The third-order valence-corrected chi connectivity index (χ3v) is 5.58. The first-order chi connectivity index (χ1) is 13.8. The van der Waals surface area contributed by atoms with Crippen molar-refractivity contribution < 1.29 is 14.4 Å². The summed E-state index contributed by atoms with van der Waals surface area (Å²) in [5.74, 6) is -0.244. The van der Waals surface area contributed by atoms with Gasteiger partial charge in [-0.2, -0.15) is 0 Å². The fourth-order valence-corrected chi connectivity index (χ4v) is 3.78. The molecule has 0 bridgehead atoms. The van der Waals surface area contributed by atoms with Crippen molar-refractivity contribution in [3.8, 4) is 0 Å². The van der Waals surface area contributed by atoms with E-state index in [-0.39, 0.29) is 30.1 Å². The second-order valence-electron chi connectivity index (χ2n) is 7.89. The highest BCUT2D eigenvalue weighted by Crippen LogP contribution is 2.24. The van der Waals surface area contributed by atoms with Crippen molar-refractivity contribution in [3.05, 3.63) is 70.3 Å². The minimum atomic E-state index is -0.252. The van der Waals surface area contributed by atoms with Crippen molar-refractivity contribution in [1.29, 1.82) is 0 Å². The molecule has 0 radical (unpaired) electrons. The Kier molecular flexibility index (Phi) is 6.47. The Morgan fingerprint density at radius 1 is 0.931 bits per heavy atom. The van der Waals surface area contributed by atoms with Crippen LogP contribution in [0.4, 0.5) is 0 Å². The third-order valence-electron chi connectivity index (χ3n) is 5.58. The van der Waals surface area contributed by atoms with E-state index in [2.05, 4.69) is 5.32 Å². The molecule has 152 valence electrons. The number of likely N-dealkylation sites (tertiary alicyclic amines) is 1. The number of ketones is 1. The van der Waals surface area contributed by atoms with Crippen LogP contribution in [0.5, 0.6) is 0 Å². The number of hydrogen-bond donors (Lipinski definition) is 1. The molecule has 0 aromatic heterocycles. The van der Waals surface area contributed by atoms with Gasteiger partial charge in [-0.1, -0.05) is 41.5 Å². The van der Waals surface area contributed by atoms with Gasteiger partial charge in [-0.05, 0) is 51.3 Å². The van der Waals surface area contributed by atoms with Gasteiger partial charge in [-0.3, -0.25) is 14.4 Å². The maximum absolute atomic E-state index is 12.8. The SMILES string of the molecule is Cc1ccc(C(=O)NCC(=O)N2CCC(C(=O)c3ccc(C)cc3C)CC2)cc1. The molecule has 1 heterocycles. The van der Waals surface area contributed by atoms with Crippen LogP contribution in [-0.4, -0.2) is 42.1 Å². The molecule has 2 amide bonds. The number of nitrogens with one attached hydrogen (secondary N) is 1.